The molecule has 0 aromatic carbocycles. The lowest BCUT2D eigenvalue weighted by molar-refractivity contribution is -0.189. The summed E-state index contributed by atoms with van der Waals surface area (Å²) >= 11 is 0. The van der Waals surface area contributed by atoms with Crippen molar-refractivity contribution < 1.29 is 19.4 Å². The fourth-order valence-corrected chi connectivity index (χ4v) is 4.00. The first-order chi connectivity index (χ1) is 12.6. The Morgan fingerprint density at radius 2 is 1.92 bits per heavy atom. The van der Waals surface area contributed by atoms with Gasteiger partial charge in [0.05, 0.1) is 30.7 Å². The predicted octanol–water partition coefficient (Wildman–Crippen LogP) is 1.60. The van der Waals surface area contributed by atoms with E-state index in [-0.39, 0.29) is 12.2 Å². The largest absolute Gasteiger partial charge is 0.461 e. The Labute approximate surface area is 152 Å². The standard InChI is InChI=1S/C19H25N3O4/c23-14-18(24)5-9-26-19(13-18)3-6-22(7-4-19)12-15-10-20-17(21-11-15)16-2-1-8-25-16/h1-2,8,10-11,23-24H,3-7,9,12-14H2. The molecular formula is C19H25N3O4. The summed E-state index contributed by atoms with van der Waals surface area (Å²) in [5, 5.41) is 19.9. The molecule has 7 nitrogen and oxygen atoms in total. The molecule has 140 valence electrons. The lowest BCUT2D eigenvalue weighted by atomic mass is 9.77. The molecule has 4 rings (SSSR count). The highest BCUT2D eigenvalue weighted by Crippen LogP contribution is 2.39. The van der Waals surface area contributed by atoms with Crippen LogP contribution in [0.4, 0.5) is 0 Å². The quantitative estimate of drug-likeness (QED) is 0.857. The van der Waals surface area contributed by atoms with Crippen LogP contribution in [0.15, 0.2) is 35.2 Å². The number of rotatable bonds is 4. The van der Waals surface area contributed by atoms with Gasteiger partial charge in [-0.1, -0.05) is 0 Å². The van der Waals surface area contributed by atoms with E-state index in [2.05, 4.69) is 14.9 Å². The molecule has 0 radical (unpaired) electrons. The molecule has 2 aliphatic rings. The summed E-state index contributed by atoms with van der Waals surface area (Å²) < 4.78 is 11.3. The fourth-order valence-electron chi connectivity index (χ4n) is 4.00. The van der Waals surface area contributed by atoms with Gasteiger partial charge in [-0.05, 0) is 25.0 Å². The summed E-state index contributed by atoms with van der Waals surface area (Å²) in [5.74, 6) is 1.26. The van der Waals surface area contributed by atoms with E-state index in [4.69, 9.17) is 9.15 Å². The maximum atomic E-state index is 10.4. The first-order valence-corrected chi connectivity index (χ1v) is 9.14. The summed E-state index contributed by atoms with van der Waals surface area (Å²) in [7, 11) is 0. The first kappa shape index (κ1) is 17.6. The number of furan rings is 1. The smallest absolute Gasteiger partial charge is 0.195 e. The Balaban J connectivity index is 1.34. The molecule has 2 saturated heterocycles. The highest BCUT2D eigenvalue weighted by molar-refractivity contribution is 5.45. The molecule has 2 N–H and O–H groups in total. The van der Waals surface area contributed by atoms with Gasteiger partial charge in [0.25, 0.3) is 0 Å². The maximum absolute atomic E-state index is 10.4. The molecule has 0 amide bonds. The van der Waals surface area contributed by atoms with Crippen LogP contribution in [0.25, 0.3) is 11.6 Å². The molecular weight excluding hydrogens is 334 g/mol. The van der Waals surface area contributed by atoms with Gasteiger partial charge >= 0.3 is 0 Å². The Bertz CT molecular complexity index is 711. The van der Waals surface area contributed by atoms with Crippen LogP contribution >= 0.6 is 0 Å². The van der Waals surface area contributed by atoms with Gasteiger partial charge in [-0.3, -0.25) is 4.90 Å². The summed E-state index contributed by atoms with van der Waals surface area (Å²) in [5.41, 5.74) is -0.227. The molecule has 1 atom stereocenters. The lowest BCUT2D eigenvalue weighted by Crippen LogP contribution is -2.55. The van der Waals surface area contributed by atoms with Gasteiger partial charge in [-0.2, -0.15) is 0 Å². The molecule has 26 heavy (non-hydrogen) atoms. The van der Waals surface area contributed by atoms with E-state index in [0.717, 1.165) is 38.0 Å². The van der Waals surface area contributed by atoms with Crippen LogP contribution in [0.3, 0.4) is 0 Å². The Hall–Kier alpha value is -1.80. The lowest BCUT2D eigenvalue weighted by Gasteiger charge is -2.48. The third kappa shape index (κ3) is 3.66. The van der Waals surface area contributed by atoms with Crippen LogP contribution in [-0.4, -0.2) is 62.6 Å². The van der Waals surface area contributed by atoms with Gasteiger partial charge < -0.3 is 19.4 Å². The minimum atomic E-state index is -0.990. The van der Waals surface area contributed by atoms with Crippen molar-refractivity contribution in [3.05, 3.63) is 36.4 Å². The molecule has 0 aliphatic carbocycles. The second-order valence-electron chi connectivity index (χ2n) is 7.51. The van der Waals surface area contributed by atoms with E-state index >= 15 is 0 Å². The second-order valence-corrected chi connectivity index (χ2v) is 7.51. The number of piperidine rings is 1. The number of aromatic nitrogens is 2. The van der Waals surface area contributed by atoms with Crippen LogP contribution in [0.2, 0.25) is 0 Å². The molecule has 1 unspecified atom stereocenters. The van der Waals surface area contributed by atoms with Gasteiger partial charge in [0, 0.05) is 50.4 Å². The zero-order valence-corrected chi connectivity index (χ0v) is 14.8. The zero-order valence-electron chi connectivity index (χ0n) is 14.8. The summed E-state index contributed by atoms with van der Waals surface area (Å²) in [6, 6.07) is 3.66. The summed E-state index contributed by atoms with van der Waals surface area (Å²) in [4.78, 5) is 11.1. The molecule has 2 aromatic rings. The third-order valence-electron chi connectivity index (χ3n) is 5.54. The average Bonchev–Trinajstić information content (AvgIpc) is 3.19. The van der Waals surface area contributed by atoms with Gasteiger partial charge in [0.1, 0.15) is 0 Å². The number of hydrogen-bond acceptors (Lipinski definition) is 7. The maximum Gasteiger partial charge on any atom is 0.195 e. The van der Waals surface area contributed by atoms with Crippen molar-refractivity contribution in [1.29, 1.82) is 0 Å². The molecule has 4 heterocycles. The molecule has 0 bridgehead atoms. The topological polar surface area (TPSA) is 91.8 Å². The van der Waals surface area contributed by atoms with E-state index in [1.165, 1.54) is 0 Å². The Kier molecular flexibility index (Phi) is 4.79. The molecule has 2 fully saturated rings. The minimum Gasteiger partial charge on any atom is -0.461 e. The van der Waals surface area contributed by atoms with Gasteiger partial charge in [0.15, 0.2) is 11.6 Å². The fraction of sp³-hybridized carbons (Fsp3) is 0.579. The number of hydrogen-bond donors (Lipinski definition) is 2. The van der Waals surface area contributed by atoms with Crippen molar-refractivity contribution in [2.75, 3.05) is 26.3 Å². The van der Waals surface area contributed by atoms with Gasteiger partial charge in [0.2, 0.25) is 0 Å². The van der Waals surface area contributed by atoms with Crippen molar-refractivity contribution in [3.8, 4) is 11.6 Å². The Morgan fingerprint density at radius 1 is 1.15 bits per heavy atom. The van der Waals surface area contributed by atoms with Crippen LogP contribution < -0.4 is 0 Å². The van der Waals surface area contributed by atoms with Crippen molar-refractivity contribution in [2.45, 2.75) is 43.4 Å². The molecule has 7 heteroatoms. The normalized spacial score (nSPS) is 26.2. The van der Waals surface area contributed by atoms with E-state index in [1.807, 2.05) is 24.5 Å². The average molecular weight is 359 g/mol. The van der Waals surface area contributed by atoms with Crippen LogP contribution in [0, 0.1) is 0 Å². The predicted molar refractivity (Wildman–Crippen MR) is 94.2 cm³/mol. The third-order valence-corrected chi connectivity index (χ3v) is 5.54. The number of ether oxygens (including phenoxy) is 1. The van der Waals surface area contributed by atoms with Crippen molar-refractivity contribution in [2.24, 2.45) is 0 Å². The van der Waals surface area contributed by atoms with Crippen molar-refractivity contribution in [1.82, 2.24) is 14.9 Å². The number of likely N-dealkylation sites (tertiary alicyclic amines) is 1. The second kappa shape index (κ2) is 7.08. The van der Waals surface area contributed by atoms with Crippen LogP contribution in [-0.2, 0) is 11.3 Å². The first-order valence-electron chi connectivity index (χ1n) is 9.14. The number of aliphatic hydroxyl groups excluding tert-OH is 1. The highest BCUT2D eigenvalue weighted by Gasteiger charge is 2.46. The van der Waals surface area contributed by atoms with Gasteiger partial charge in [-0.15, -0.1) is 0 Å². The molecule has 2 aliphatic heterocycles. The summed E-state index contributed by atoms with van der Waals surface area (Å²) in [6.07, 6.45) is 8.05. The van der Waals surface area contributed by atoms with Crippen molar-refractivity contribution in [3.63, 3.8) is 0 Å². The van der Waals surface area contributed by atoms with Crippen molar-refractivity contribution >= 4 is 0 Å². The minimum absolute atomic E-state index is 0.193. The molecule has 2 aromatic heterocycles. The van der Waals surface area contributed by atoms with Crippen LogP contribution in [0.5, 0.6) is 0 Å². The molecule has 1 spiro atoms. The van der Waals surface area contributed by atoms with E-state index in [9.17, 15) is 10.2 Å². The number of aliphatic hydroxyl groups is 2. The SMILES string of the molecule is OCC1(O)CCOC2(CCN(Cc3cnc(-c4ccco4)nc3)CC2)C1. The highest BCUT2D eigenvalue weighted by atomic mass is 16.5. The van der Waals surface area contributed by atoms with Gasteiger partial charge in [-0.25, -0.2) is 9.97 Å². The van der Waals surface area contributed by atoms with E-state index in [0.29, 0.717) is 31.0 Å². The van der Waals surface area contributed by atoms with Crippen LogP contribution in [0.1, 0.15) is 31.2 Å². The van der Waals surface area contributed by atoms with E-state index < -0.39 is 5.60 Å². The number of nitrogens with zero attached hydrogens (tertiary/aromatic N) is 3. The monoisotopic (exact) mass is 359 g/mol. The summed E-state index contributed by atoms with van der Waals surface area (Å²) in [6.45, 7) is 2.89. The molecule has 0 saturated carbocycles. The zero-order chi connectivity index (χ0) is 18.0. The van der Waals surface area contributed by atoms with E-state index in [1.54, 1.807) is 6.26 Å². The Morgan fingerprint density at radius 3 is 2.58 bits per heavy atom.